The van der Waals surface area contributed by atoms with E-state index in [1.807, 2.05) is 31.3 Å². The van der Waals surface area contributed by atoms with Gasteiger partial charge in [0.15, 0.2) is 0 Å². The summed E-state index contributed by atoms with van der Waals surface area (Å²) in [6.45, 7) is 3.78. The van der Waals surface area contributed by atoms with Gasteiger partial charge in [-0.05, 0) is 30.5 Å². The molecule has 2 rings (SSSR count). The van der Waals surface area contributed by atoms with E-state index in [9.17, 15) is 14.7 Å². The molecule has 162 valence electrons. The molecule has 0 spiro atoms. The van der Waals surface area contributed by atoms with Gasteiger partial charge in [0.25, 0.3) is 5.91 Å². The van der Waals surface area contributed by atoms with Crippen molar-refractivity contribution in [3.63, 3.8) is 0 Å². The maximum Gasteiger partial charge on any atom is 0.305 e. The third kappa shape index (κ3) is 8.17. The van der Waals surface area contributed by atoms with E-state index in [4.69, 9.17) is 0 Å². The topological polar surface area (TPSA) is 70.8 Å². The first kappa shape index (κ1) is 23.4. The van der Waals surface area contributed by atoms with Crippen molar-refractivity contribution in [2.75, 3.05) is 20.1 Å². The van der Waals surface area contributed by atoms with E-state index in [0.717, 1.165) is 13.0 Å². The maximum atomic E-state index is 12.7. The monoisotopic (exact) mass is 403 g/mol. The number of unbranched alkanes of at least 4 members (excludes halogenated alkanes) is 7. The summed E-state index contributed by atoms with van der Waals surface area (Å²) < 4.78 is 0. The molecule has 5 heteroatoms. The number of rotatable bonds is 13. The standard InChI is InChI=1S/C24H38N2O3/c1-3-4-5-6-7-8-9-10-11-20-12-14-21(15-13-20)23(29)25-24(18-22(27)28)16-17-26(2)19-24/h12-15H,3-11,16-19H2,1-2H3,(H,25,29)(H,27,28)/p+1. The van der Waals surface area contributed by atoms with E-state index in [-0.39, 0.29) is 12.3 Å². The average molecular weight is 404 g/mol. The Bertz CT molecular complexity index is 644. The maximum absolute atomic E-state index is 12.7. The number of likely N-dealkylation sites (N-methyl/N-ethyl adjacent to an activating group) is 1. The van der Waals surface area contributed by atoms with Gasteiger partial charge < -0.3 is 15.3 Å². The molecule has 1 aliphatic heterocycles. The zero-order valence-corrected chi connectivity index (χ0v) is 18.3. The van der Waals surface area contributed by atoms with Crippen LogP contribution in [0.15, 0.2) is 24.3 Å². The van der Waals surface area contributed by atoms with Crippen LogP contribution in [0.5, 0.6) is 0 Å². The number of amides is 1. The van der Waals surface area contributed by atoms with Crippen molar-refractivity contribution >= 4 is 11.9 Å². The third-order valence-corrected chi connectivity index (χ3v) is 6.07. The van der Waals surface area contributed by atoms with Gasteiger partial charge >= 0.3 is 5.97 Å². The molecule has 2 unspecified atom stereocenters. The molecule has 3 N–H and O–H groups in total. The number of likely N-dealkylation sites (tertiary alicyclic amines) is 1. The van der Waals surface area contributed by atoms with Gasteiger partial charge in [-0.1, -0.05) is 64.0 Å². The lowest BCUT2D eigenvalue weighted by Crippen LogP contribution is -3.08. The quantitative estimate of drug-likeness (QED) is 0.443. The van der Waals surface area contributed by atoms with Crippen molar-refractivity contribution in [3.8, 4) is 0 Å². The fraction of sp³-hybridized carbons (Fsp3) is 0.667. The Morgan fingerprint density at radius 1 is 1.03 bits per heavy atom. The number of carbonyl (C=O) groups excluding carboxylic acids is 1. The number of aryl methyl sites for hydroxylation is 1. The highest BCUT2D eigenvalue weighted by Crippen LogP contribution is 2.18. The van der Waals surface area contributed by atoms with Gasteiger partial charge in [-0.25, -0.2) is 0 Å². The first-order valence-corrected chi connectivity index (χ1v) is 11.4. The summed E-state index contributed by atoms with van der Waals surface area (Å²) in [7, 11) is 2.04. The number of carboxylic acids is 1. The van der Waals surface area contributed by atoms with E-state index >= 15 is 0 Å². The van der Waals surface area contributed by atoms with Crippen molar-refractivity contribution in [2.24, 2.45) is 0 Å². The number of nitrogens with one attached hydrogen (secondary N) is 2. The first-order valence-electron chi connectivity index (χ1n) is 11.4. The van der Waals surface area contributed by atoms with E-state index in [2.05, 4.69) is 12.2 Å². The summed E-state index contributed by atoms with van der Waals surface area (Å²) >= 11 is 0. The third-order valence-electron chi connectivity index (χ3n) is 6.07. The highest BCUT2D eigenvalue weighted by atomic mass is 16.4. The molecule has 1 heterocycles. The Hall–Kier alpha value is -1.88. The van der Waals surface area contributed by atoms with Crippen LogP contribution in [0.25, 0.3) is 0 Å². The Balaban J connectivity index is 1.77. The average Bonchev–Trinajstić information content (AvgIpc) is 3.03. The predicted molar refractivity (Wildman–Crippen MR) is 116 cm³/mol. The van der Waals surface area contributed by atoms with E-state index in [1.54, 1.807) is 0 Å². The number of hydrogen-bond acceptors (Lipinski definition) is 2. The summed E-state index contributed by atoms with van der Waals surface area (Å²) in [6, 6.07) is 7.81. The van der Waals surface area contributed by atoms with Crippen molar-refractivity contribution < 1.29 is 19.6 Å². The zero-order valence-electron chi connectivity index (χ0n) is 18.3. The molecule has 0 aromatic heterocycles. The lowest BCUT2D eigenvalue weighted by Gasteiger charge is -2.26. The number of carboxylic acid groups (broad SMARTS) is 1. The van der Waals surface area contributed by atoms with Crippen LogP contribution in [0.1, 0.15) is 87.1 Å². The van der Waals surface area contributed by atoms with Crippen LogP contribution in [0.3, 0.4) is 0 Å². The Kier molecular flexibility index (Phi) is 9.65. The molecule has 1 saturated heterocycles. The molecular formula is C24H39N2O3+. The Morgan fingerprint density at radius 2 is 1.66 bits per heavy atom. The van der Waals surface area contributed by atoms with E-state index in [1.165, 1.54) is 61.8 Å². The summed E-state index contributed by atoms with van der Waals surface area (Å²) in [5.74, 6) is -1.03. The minimum absolute atomic E-state index is 0.0212. The molecule has 0 saturated carbocycles. The highest BCUT2D eigenvalue weighted by Gasteiger charge is 2.43. The lowest BCUT2D eigenvalue weighted by atomic mass is 9.93. The summed E-state index contributed by atoms with van der Waals surface area (Å²) in [5, 5.41) is 12.3. The van der Waals surface area contributed by atoms with Gasteiger partial charge in [-0.2, -0.15) is 0 Å². The molecule has 1 fully saturated rings. The fourth-order valence-corrected chi connectivity index (χ4v) is 4.40. The lowest BCUT2D eigenvalue weighted by molar-refractivity contribution is -0.868. The second kappa shape index (κ2) is 12.0. The molecule has 1 amide bonds. The molecule has 0 radical (unpaired) electrons. The number of quaternary nitrogens is 1. The zero-order chi connectivity index (χ0) is 21.1. The van der Waals surface area contributed by atoms with E-state index in [0.29, 0.717) is 18.5 Å². The number of aliphatic carboxylic acids is 1. The van der Waals surface area contributed by atoms with Crippen molar-refractivity contribution in [1.82, 2.24) is 5.32 Å². The van der Waals surface area contributed by atoms with Crippen LogP contribution in [0.2, 0.25) is 0 Å². The largest absolute Gasteiger partial charge is 0.481 e. The van der Waals surface area contributed by atoms with Crippen LogP contribution >= 0.6 is 0 Å². The first-order chi connectivity index (χ1) is 13.9. The molecule has 29 heavy (non-hydrogen) atoms. The van der Waals surface area contributed by atoms with Gasteiger partial charge in [-0.15, -0.1) is 0 Å². The van der Waals surface area contributed by atoms with Crippen LogP contribution in [-0.4, -0.2) is 42.7 Å². The van der Waals surface area contributed by atoms with Gasteiger partial charge in [-0.3, -0.25) is 9.59 Å². The molecule has 1 aliphatic rings. The Labute approximate surface area is 175 Å². The van der Waals surface area contributed by atoms with E-state index < -0.39 is 11.5 Å². The van der Waals surface area contributed by atoms with Crippen molar-refractivity contribution in [2.45, 2.75) is 83.1 Å². The molecular weight excluding hydrogens is 364 g/mol. The molecule has 0 aliphatic carbocycles. The van der Waals surface area contributed by atoms with Crippen LogP contribution < -0.4 is 10.2 Å². The second-order valence-corrected chi connectivity index (χ2v) is 8.86. The summed E-state index contributed by atoms with van der Waals surface area (Å²) in [5.41, 5.74) is 1.24. The normalized spacial score (nSPS) is 21.2. The van der Waals surface area contributed by atoms with Gasteiger partial charge in [0.2, 0.25) is 0 Å². The molecule has 0 bridgehead atoms. The number of benzene rings is 1. The minimum atomic E-state index is -0.860. The smallest absolute Gasteiger partial charge is 0.305 e. The van der Waals surface area contributed by atoms with Crippen molar-refractivity contribution in [3.05, 3.63) is 35.4 Å². The van der Waals surface area contributed by atoms with Crippen LogP contribution in [0.4, 0.5) is 0 Å². The highest BCUT2D eigenvalue weighted by molar-refractivity contribution is 5.95. The second-order valence-electron chi connectivity index (χ2n) is 8.86. The van der Waals surface area contributed by atoms with Gasteiger partial charge in [0.1, 0.15) is 12.1 Å². The Morgan fingerprint density at radius 3 is 2.21 bits per heavy atom. The van der Waals surface area contributed by atoms with Crippen LogP contribution in [0, 0.1) is 0 Å². The summed E-state index contributed by atoms with van der Waals surface area (Å²) in [6.07, 6.45) is 12.2. The number of carbonyl (C=O) groups is 2. The SMILES string of the molecule is CCCCCCCCCCc1ccc(C(=O)NC2(CC(=O)O)CC[NH+](C)C2)cc1. The summed E-state index contributed by atoms with van der Waals surface area (Å²) in [4.78, 5) is 25.2. The fourth-order valence-electron chi connectivity index (χ4n) is 4.40. The van der Waals surface area contributed by atoms with Crippen LogP contribution in [-0.2, 0) is 11.2 Å². The van der Waals surface area contributed by atoms with Gasteiger partial charge in [0.05, 0.1) is 20.0 Å². The molecule has 5 nitrogen and oxygen atoms in total. The minimum Gasteiger partial charge on any atom is -0.481 e. The van der Waals surface area contributed by atoms with Gasteiger partial charge in [0, 0.05) is 12.0 Å². The number of hydrogen-bond donors (Lipinski definition) is 3. The molecule has 2 atom stereocenters. The van der Waals surface area contributed by atoms with Crippen molar-refractivity contribution in [1.29, 1.82) is 0 Å². The predicted octanol–water partition coefficient (Wildman–Crippen LogP) is 3.23. The molecule has 1 aromatic rings. The molecule has 1 aromatic carbocycles.